The van der Waals surface area contributed by atoms with Crippen LogP contribution in [0.4, 0.5) is 0 Å². The predicted molar refractivity (Wildman–Crippen MR) is 83.2 cm³/mol. The summed E-state index contributed by atoms with van der Waals surface area (Å²) < 4.78 is 1.86. The highest BCUT2D eigenvalue weighted by molar-refractivity contribution is 5.81. The first-order valence-electron chi connectivity index (χ1n) is 7.57. The van der Waals surface area contributed by atoms with Crippen molar-refractivity contribution in [2.75, 3.05) is 6.54 Å². The zero-order valence-electron chi connectivity index (χ0n) is 12.1. The van der Waals surface area contributed by atoms with Gasteiger partial charge in [0.1, 0.15) is 0 Å². The van der Waals surface area contributed by atoms with Gasteiger partial charge in [0, 0.05) is 24.2 Å². The molecule has 1 saturated heterocycles. The van der Waals surface area contributed by atoms with Crippen LogP contribution in [0.5, 0.6) is 0 Å². The third-order valence-electron chi connectivity index (χ3n) is 4.26. The molecule has 0 saturated carbocycles. The van der Waals surface area contributed by atoms with Crippen molar-refractivity contribution in [1.82, 2.24) is 9.88 Å². The number of fused-ring (bicyclic) bond motifs is 1. The minimum atomic E-state index is 0.137. The molecule has 1 aliphatic heterocycles. The molecule has 3 nitrogen and oxygen atoms in total. The molecule has 106 valence electrons. The maximum atomic E-state index is 12.5. The predicted octanol–water partition coefficient (Wildman–Crippen LogP) is 2.84. The number of piperidine rings is 1. The van der Waals surface area contributed by atoms with Crippen LogP contribution in [-0.2, 0) is 6.54 Å². The number of hydrogen-bond donors (Lipinski definition) is 1. The zero-order valence-corrected chi connectivity index (χ0v) is 12.1. The van der Waals surface area contributed by atoms with E-state index in [-0.39, 0.29) is 5.56 Å². The molecule has 0 amide bonds. The van der Waals surface area contributed by atoms with Crippen molar-refractivity contribution in [3.8, 4) is 0 Å². The molecule has 1 fully saturated rings. The van der Waals surface area contributed by atoms with Crippen molar-refractivity contribution in [2.24, 2.45) is 0 Å². The third kappa shape index (κ3) is 2.78. The van der Waals surface area contributed by atoms with Crippen LogP contribution < -0.4 is 10.9 Å². The summed E-state index contributed by atoms with van der Waals surface area (Å²) in [6.45, 7) is 3.98. The number of pyridine rings is 1. The van der Waals surface area contributed by atoms with Gasteiger partial charge in [-0.2, -0.15) is 0 Å². The molecule has 1 N–H and O–H groups in total. The summed E-state index contributed by atoms with van der Waals surface area (Å²) in [6, 6.07) is 8.66. The number of aryl methyl sites for hydroxylation is 2. The SMILES string of the molecule is Cc1ccc2c(=O)n(CCC3CCCCN3)ccc2c1. The summed E-state index contributed by atoms with van der Waals surface area (Å²) in [5.41, 5.74) is 1.33. The Morgan fingerprint density at radius 2 is 2.20 bits per heavy atom. The normalized spacial score (nSPS) is 19.4. The molecule has 0 bridgehead atoms. The Balaban J connectivity index is 1.79. The summed E-state index contributed by atoms with van der Waals surface area (Å²) in [5.74, 6) is 0. The Labute approximate surface area is 119 Å². The van der Waals surface area contributed by atoms with E-state index in [0.717, 1.165) is 30.3 Å². The highest BCUT2D eigenvalue weighted by Crippen LogP contribution is 2.13. The Morgan fingerprint density at radius 3 is 3.00 bits per heavy atom. The van der Waals surface area contributed by atoms with Crippen LogP contribution >= 0.6 is 0 Å². The Kier molecular flexibility index (Phi) is 3.88. The minimum absolute atomic E-state index is 0.137. The van der Waals surface area contributed by atoms with Gasteiger partial charge in [0.25, 0.3) is 5.56 Å². The van der Waals surface area contributed by atoms with Crippen LogP contribution in [0.2, 0.25) is 0 Å². The van der Waals surface area contributed by atoms with Crippen LogP contribution in [0, 0.1) is 6.92 Å². The van der Waals surface area contributed by atoms with Crippen LogP contribution in [0.25, 0.3) is 10.8 Å². The molecule has 20 heavy (non-hydrogen) atoms. The lowest BCUT2D eigenvalue weighted by Gasteiger charge is -2.23. The molecule has 3 heteroatoms. The topological polar surface area (TPSA) is 34.0 Å². The number of rotatable bonds is 3. The van der Waals surface area contributed by atoms with Crippen LogP contribution in [0.3, 0.4) is 0 Å². The second-order valence-corrected chi connectivity index (χ2v) is 5.84. The molecule has 1 unspecified atom stereocenters. The summed E-state index contributed by atoms with van der Waals surface area (Å²) in [4.78, 5) is 12.5. The van der Waals surface area contributed by atoms with Gasteiger partial charge in [0.15, 0.2) is 0 Å². The van der Waals surface area contributed by atoms with Crippen LogP contribution in [0.1, 0.15) is 31.2 Å². The van der Waals surface area contributed by atoms with Gasteiger partial charge in [-0.05, 0) is 50.2 Å². The third-order valence-corrected chi connectivity index (χ3v) is 4.26. The first-order valence-corrected chi connectivity index (χ1v) is 7.57. The van der Waals surface area contributed by atoms with Gasteiger partial charge in [0.05, 0.1) is 0 Å². The van der Waals surface area contributed by atoms with Crippen molar-refractivity contribution in [3.63, 3.8) is 0 Å². The lowest BCUT2D eigenvalue weighted by atomic mass is 10.0. The Bertz CT molecular complexity index is 654. The Morgan fingerprint density at radius 1 is 1.30 bits per heavy atom. The number of aromatic nitrogens is 1. The fraction of sp³-hybridized carbons (Fsp3) is 0.471. The molecular weight excluding hydrogens is 248 g/mol. The second-order valence-electron chi connectivity index (χ2n) is 5.84. The van der Waals surface area contributed by atoms with Gasteiger partial charge < -0.3 is 9.88 Å². The first kappa shape index (κ1) is 13.4. The standard InChI is InChI=1S/C17H22N2O/c1-13-5-6-16-14(12-13)7-10-19(17(16)20)11-8-15-4-2-3-9-18-15/h5-7,10,12,15,18H,2-4,8-9,11H2,1H3. The smallest absolute Gasteiger partial charge is 0.258 e. The molecule has 0 aliphatic carbocycles. The number of nitrogens with zero attached hydrogens (tertiary/aromatic N) is 1. The van der Waals surface area contributed by atoms with Crippen LogP contribution in [-0.4, -0.2) is 17.2 Å². The van der Waals surface area contributed by atoms with E-state index in [1.165, 1.54) is 24.8 Å². The van der Waals surface area contributed by atoms with E-state index in [2.05, 4.69) is 24.4 Å². The van der Waals surface area contributed by atoms with Crippen molar-refractivity contribution in [3.05, 3.63) is 46.4 Å². The molecule has 1 aliphatic rings. The van der Waals surface area contributed by atoms with Crippen molar-refractivity contribution >= 4 is 10.8 Å². The van der Waals surface area contributed by atoms with Gasteiger partial charge in [-0.25, -0.2) is 0 Å². The quantitative estimate of drug-likeness (QED) is 0.930. The number of benzene rings is 1. The molecule has 1 aromatic heterocycles. The van der Waals surface area contributed by atoms with E-state index < -0.39 is 0 Å². The molecule has 2 heterocycles. The van der Waals surface area contributed by atoms with E-state index in [9.17, 15) is 4.79 Å². The molecule has 0 radical (unpaired) electrons. The summed E-state index contributed by atoms with van der Waals surface area (Å²) >= 11 is 0. The zero-order chi connectivity index (χ0) is 13.9. The molecule has 0 spiro atoms. The van der Waals surface area contributed by atoms with Gasteiger partial charge >= 0.3 is 0 Å². The fourth-order valence-corrected chi connectivity index (χ4v) is 3.05. The van der Waals surface area contributed by atoms with E-state index in [0.29, 0.717) is 6.04 Å². The van der Waals surface area contributed by atoms with Gasteiger partial charge in [-0.3, -0.25) is 4.79 Å². The Hall–Kier alpha value is -1.61. The second kappa shape index (κ2) is 5.80. The van der Waals surface area contributed by atoms with E-state index in [4.69, 9.17) is 0 Å². The summed E-state index contributed by atoms with van der Waals surface area (Å²) in [6.07, 6.45) is 6.81. The van der Waals surface area contributed by atoms with Crippen molar-refractivity contribution in [1.29, 1.82) is 0 Å². The molecular formula is C17H22N2O. The summed E-state index contributed by atoms with van der Waals surface area (Å²) in [5, 5.41) is 5.41. The summed E-state index contributed by atoms with van der Waals surface area (Å²) in [7, 11) is 0. The van der Waals surface area contributed by atoms with Gasteiger partial charge in [-0.1, -0.05) is 24.1 Å². The average molecular weight is 270 g/mol. The van der Waals surface area contributed by atoms with Crippen LogP contribution in [0.15, 0.2) is 35.3 Å². The van der Waals surface area contributed by atoms with E-state index >= 15 is 0 Å². The highest BCUT2D eigenvalue weighted by atomic mass is 16.1. The van der Waals surface area contributed by atoms with E-state index in [1.807, 2.05) is 22.9 Å². The minimum Gasteiger partial charge on any atom is -0.315 e. The molecule has 2 aromatic rings. The van der Waals surface area contributed by atoms with Crippen molar-refractivity contribution < 1.29 is 0 Å². The lowest BCUT2D eigenvalue weighted by Crippen LogP contribution is -2.35. The first-order chi connectivity index (χ1) is 9.74. The van der Waals surface area contributed by atoms with Crippen molar-refractivity contribution in [2.45, 2.75) is 45.2 Å². The average Bonchev–Trinajstić information content (AvgIpc) is 2.47. The fourth-order valence-electron chi connectivity index (χ4n) is 3.05. The molecule has 1 atom stereocenters. The van der Waals surface area contributed by atoms with Gasteiger partial charge in [-0.15, -0.1) is 0 Å². The molecule has 1 aromatic carbocycles. The monoisotopic (exact) mass is 270 g/mol. The highest BCUT2D eigenvalue weighted by Gasteiger charge is 2.12. The maximum absolute atomic E-state index is 12.5. The lowest BCUT2D eigenvalue weighted by molar-refractivity contribution is 0.365. The largest absolute Gasteiger partial charge is 0.315 e. The van der Waals surface area contributed by atoms with E-state index in [1.54, 1.807) is 0 Å². The number of nitrogens with one attached hydrogen (secondary N) is 1. The number of hydrogen-bond acceptors (Lipinski definition) is 2. The maximum Gasteiger partial charge on any atom is 0.258 e. The molecule has 3 rings (SSSR count). The van der Waals surface area contributed by atoms with Gasteiger partial charge in [0.2, 0.25) is 0 Å².